The lowest BCUT2D eigenvalue weighted by Gasteiger charge is -2.32. The Morgan fingerprint density at radius 1 is 0.913 bits per heavy atom. The number of aromatic nitrogens is 4. The number of anilines is 1. The summed E-state index contributed by atoms with van der Waals surface area (Å²) in [5, 5.41) is 4.21. The van der Waals surface area contributed by atoms with Crippen molar-refractivity contribution in [1.29, 1.82) is 0 Å². The zero-order valence-electron chi connectivity index (χ0n) is 14.0. The van der Waals surface area contributed by atoms with Crippen molar-refractivity contribution in [2.24, 2.45) is 0 Å². The first-order valence-electron chi connectivity index (χ1n) is 8.52. The molecule has 2 aromatic heterocycles. The molecule has 2 fully saturated rings. The summed E-state index contributed by atoms with van der Waals surface area (Å²) < 4.78 is 5.41. The summed E-state index contributed by atoms with van der Waals surface area (Å²) in [5.74, 6) is 4.62. The number of rotatable bonds is 3. The summed E-state index contributed by atoms with van der Waals surface area (Å²) in [4.78, 5) is 16.1. The van der Waals surface area contributed by atoms with Gasteiger partial charge in [-0.3, -0.25) is 0 Å². The molecule has 6 heteroatoms. The van der Waals surface area contributed by atoms with Crippen LogP contribution in [0.1, 0.15) is 66.3 Å². The number of hydrogen-bond acceptors (Lipinski definition) is 6. The highest BCUT2D eigenvalue weighted by atomic mass is 16.5. The van der Waals surface area contributed by atoms with Crippen molar-refractivity contribution in [3.8, 4) is 0 Å². The molecule has 4 rings (SSSR count). The van der Waals surface area contributed by atoms with Gasteiger partial charge in [0.1, 0.15) is 11.6 Å². The smallest absolute Gasteiger partial charge is 0.229 e. The monoisotopic (exact) mass is 313 g/mol. The van der Waals surface area contributed by atoms with Gasteiger partial charge in [-0.25, -0.2) is 9.97 Å². The van der Waals surface area contributed by atoms with Crippen LogP contribution in [0.25, 0.3) is 0 Å². The molecule has 0 spiro atoms. The molecule has 1 saturated heterocycles. The summed E-state index contributed by atoms with van der Waals surface area (Å²) in [5.41, 5.74) is 2.26. The van der Waals surface area contributed by atoms with Gasteiger partial charge in [0.2, 0.25) is 5.89 Å². The van der Waals surface area contributed by atoms with Crippen molar-refractivity contribution < 1.29 is 4.52 Å². The summed E-state index contributed by atoms with van der Waals surface area (Å²) >= 11 is 0. The molecule has 0 aromatic carbocycles. The fourth-order valence-electron chi connectivity index (χ4n) is 3.32. The minimum absolute atomic E-state index is 0.409. The molecule has 0 bridgehead atoms. The molecule has 6 nitrogen and oxygen atoms in total. The van der Waals surface area contributed by atoms with Gasteiger partial charge in [0.15, 0.2) is 5.82 Å². The average Bonchev–Trinajstić information content (AvgIpc) is 3.28. The van der Waals surface area contributed by atoms with Crippen molar-refractivity contribution >= 4 is 5.82 Å². The maximum atomic E-state index is 5.41. The molecule has 0 amide bonds. The highest BCUT2D eigenvalue weighted by molar-refractivity contribution is 5.48. The maximum absolute atomic E-state index is 5.41. The van der Waals surface area contributed by atoms with Crippen LogP contribution >= 0.6 is 0 Å². The Balaban J connectivity index is 1.46. The van der Waals surface area contributed by atoms with Crippen LogP contribution in [0.5, 0.6) is 0 Å². The van der Waals surface area contributed by atoms with Gasteiger partial charge in [-0.05, 0) is 46.5 Å². The third-order valence-electron chi connectivity index (χ3n) is 5.02. The molecule has 2 aromatic rings. The molecule has 0 atom stereocenters. The van der Waals surface area contributed by atoms with Gasteiger partial charge in [0.25, 0.3) is 0 Å². The Morgan fingerprint density at radius 2 is 1.65 bits per heavy atom. The van der Waals surface area contributed by atoms with Crippen LogP contribution in [0.4, 0.5) is 5.82 Å². The lowest BCUT2D eigenvalue weighted by atomic mass is 9.96. The van der Waals surface area contributed by atoms with E-state index in [-0.39, 0.29) is 0 Å². The van der Waals surface area contributed by atoms with Crippen molar-refractivity contribution in [3.63, 3.8) is 0 Å². The molecule has 23 heavy (non-hydrogen) atoms. The molecule has 2 aliphatic rings. The fraction of sp³-hybridized carbons (Fsp3) is 0.647. The van der Waals surface area contributed by atoms with Gasteiger partial charge < -0.3 is 9.42 Å². The van der Waals surface area contributed by atoms with Gasteiger partial charge in [0.05, 0.1) is 0 Å². The van der Waals surface area contributed by atoms with Crippen LogP contribution in [0.15, 0.2) is 4.52 Å². The van der Waals surface area contributed by atoms with Crippen molar-refractivity contribution in [3.05, 3.63) is 28.8 Å². The van der Waals surface area contributed by atoms with E-state index in [1.807, 2.05) is 6.92 Å². The van der Waals surface area contributed by atoms with Crippen LogP contribution in [0.2, 0.25) is 0 Å². The molecular weight excluding hydrogens is 290 g/mol. The quantitative estimate of drug-likeness (QED) is 0.867. The minimum Gasteiger partial charge on any atom is -0.356 e. The van der Waals surface area contributed by atoms with Gasteiger partial charge in [-0.2, -0.15) is 4.98 Å². The predicted molar refractivity (Wildman–Crippen MR) is 86.7 cm³/mol. The highest BCUT2D eigenvalue weighted by Gasteiger charge is 2.32. The first-order chi connectivity index (χ1) is 11.1. The average molecular weight is 313 g/mol. The number of piperidine rings is 1. The number of hydrogen-bond donors (Lipinski definition) is 0. The molecule has 0 unspecified atom stereocenters. The van der Waals surface area contributed by atoms with Crippen molar-refractivity contribution in [2.45, 2.75) is 58.3 Å². The summed E-state index contributed by atoms with van der Waals surface area (Å²) in [6.07, 6.45) is 4.49. The van der Waals surface area contributed by atoms with E-state index >= 15 is 0 Å². The van der Waals surface area contributed by atoms with Crippen LogP contribution in [0.3, 0.4) is 0 Å². The van der Waals surface area contributed by atoms with Crippen molar-refractivity contribution in [1.82, 2.24) is 20.1 Å². The zero-order chi connectivity index (χ0) is 16.0. The Morgan fingerprint density at radius 3 is 2.35 bits per heavy atom. The second kappa shape index (κ2) is 5.58. The van der Waals surface area contributed by atoms with Crippen LogP contribution in [0, 0.1) is 20.8 Å². The summed E-state index contributed by atoms with van der Waals surface area (Å²) in [6, 6.07) is 0. The van der Waals surface area contributed by atoms with E-state index in [0.717, 1.165) is 55.0 Å². The SMILES string of the molecule is Cc1nc(C)c(C)c(N2CCC(c3noc(C4CC4)n3)CC2)n1. The Hall–Kier alpha value is -1.98. The molecule has 0 radical (unpaired) electrons. The number of nitrogens with zero attached hydrogens (tertiary/aromatic N) is 5. The van der Waals surface area contributed by atoms with E-state index in [0.29, 0.717) is 11.8 Å². The van der Waals surface area contributed by atoms with E-state index in [1.165, 1.54) is 18.4 Å². The van der Waals surface area contributed by atoms with Gasteiger partial charge in [-0.1, -0.05) is 5.16 Å². The van der Waals surface area contributed by atoms with Gasteiger partial charge in [0, 0.05) is 36.2 Å². The van der Waals surface area contributed by atoms with E-state index in [9.17, 15) is 0 Å². The lowest BCUT2D eigenvalue weighted by molar-refractivity contribution is 0.364. The molecule has 1 aliphatic heterocycles. The largest absolute Gasteiger partial charge is 0.356 e. The molecule has 122 valence electrons. The Bertz CT molecular complexity index is 714. The first kappa shape index (κ1) is 14.6. The van der Waals surface area contributed by atoms with Crippen LogP contribution < -0.4 is 4.90 Å². The first-order valence-corrected chi connectivity index (χ1v) is 8.52. The molecular formula is C17H23N5O. The Labute approximate surface area is 136 Å². The Kier molecular flexibility index (Phi) is 3.54. The molecule has 3 heterocycles. The second-order valence-electron chi connectivity index (χ2n) is 6.83. The van der Waals surface area contributed by atoms with E-state index in [1.54, 1.807) is 0 Å². The molecule has 1 aliphatic carbocycles. The lowest BCUT2D eigenvalue weighted by Crippen LogP contribution is -2.34. The van der Waals surface area contributed by atoms with Crippen LogP contribution in [-0.2, 0) is 0 Å². The van der Waals surface area contributed by atoms with E-state index in [2.05, 4.69) is 38.9 Å². The fourth-order valence-corrected chi connectivity index (χ4v) is 3.32. The van der Waals surface area contributed by atoms with Crippen LogP contribution in [-0.4, -0.2) is 33.2 Å². The molecule has 0 N–H and O–H groups in total. The highest BCUT2D eigenvalue weighted by Crippen LogP contribution is 2.40. The minimum atomic E-state index is 0.409. The molecule has 1 saturated carbocycles. The van der Waals surface area contributed by atoms with E-state index in [4.69, 9.17) is 4.52 Å². The third-order valence-corrected chi connectivity index (χ3v) is 5.02. The van der Waals surface area contributed by atoms with Gasteiger partial charge >= 0.3 is 0 Å². The zero-order valence-corrected chi connectivity index (χ0v) is 14.0. The third kappa shape index (κ3) is 2.82. The maximum Gasteiger partial charge on any atom is 0.229 e. The summed E-state index contributed by atoms with van der Waals surface area (Å²) in [6.45, 7) is 8.08. The predicted octanol–water partition coefficient (Wildman–Crippen LogP) is 3.05. The topological polar surface area (TPSA) is 67.9 Å². The van der Waals surface area contributed by atoms with Gasteiger partial charge in [-0.15, -0.1) is 0 Å². The standard InChI is InChI=1S/C17H23N5O/c1-10-11(2)18-12(3)19-16(10)22-8-6-13(7-9-22)15-20-17(23-21-15)14-4-5-14/h13-14H,4-9H2,1-3H3. The summed E-state index contributed by atoms with van der Waals surface area (Å²) in [7, 11) is 0. The van der Waals surface area contributed by atoms with Crippen molar-refractivity contribution in [2.75, 3.05) is 18.0 Å². The second-order valence-corrected chi connectivity index (χ2v) is 6.83. The van der Waals surface area contributed by atoms with E-state index < -0.39 is 0 Å². The normalized spacial score (nSPS) is 19.3. The number of aryl methyl sites for hydroxylation is 2.